The number of para-hydroxylation sites is 1. The van der Waals surface area contributed by atoms with Gasteiger partial charge in [0.2, 0.25) is 10.0 Å². The lowest BCUT2D eigenvalue weighted by atomic mass is 10.0. The van der Waals surface area contributed by atoms with E-state index in [4.69, 9.17) is 4.74 Å². The second-order valence-corrected chi connectivity index (χ2v) is 9.64. The van der Waals surface area contributed by atoms with Gasteiger partial charge in [-0.05, 0) is 43.0 Å². The Morgan fingerprint density at radius 2 is 1.71 bits per heavy atom. The summed E-state index contributed by atoms with van der Waals surface area (Å²) in [5, 5.41) is 9.28. The van der Waals surface area contributed by atoms with Crippen LogP contribution in [-0.2, 0) is 14.8 Å². The van der Waals surface area contributed by atoms with E-state index in [1.165, 1.54) is 0 Å². The van der Waals surface area contributed by atoms with Crippen LogP contribution in [0.15, 0.2) is 59.5 Å². The minimum Gasteiger partial charge on any atom is -0.479 e. The molecule has 1 unspecified atom stereocenters. The van der Waals surface area contributed by atoms with E-state index in [0.29, 0.717) is 37.2 Å². The number of piperidine rings is 1. The molecule has 1 saturated heterocycles. The Morgan fingerprint density at radius 1 is 1.10 bits per heavy atom. The van der Waals surface area contributed by atoms with Gasteiger partial charge in [-0.25, -0.2) is 13.1 Å². The molecule has 1 N–H and O–H groups in total. The lowest BCUT2D eigenvalue weighted by Gasteiger charge is -2.35. The fraction of sp³-hybridized carbons (Fsp3) is 0.391. The first-order chi connectivity index (χ1) is 14.8. The minimum absolute atomic E-state index is 0.0893. The van der Waals surface area contributed by atoms with Crippen molar-refractivity contribution in [2.45, 2.75) is 43.7 Å². The van der Waals surface area contributed by atoms with Gasteiger partial charge in [0, 0.05) is 19.1 Å². The number of ether oxygens (including phenoxy) is 1. The van der Waals surface area contributed by atoms with Gasteiger partial charge in [0.15, 0.2) is 6.10 Å². The Kier molecular flexibility index (Phi) is 7.31. The van der Waals surface area contributed by atoms with Crippen molar-refractivity contribution in [3.8, 4) is 11.8 Å². The highest BCUT2D eigenvalue weighted by molar-refractivity contribution is 7.89. The zero-order chi connectivity index (χ0) is 22.4. The number of nitriles is 1. The van der Waals surface area contributed by atoms with Crippen molar-refractivity contribution < 1.29 is 17.9 Å². The highest BCUT2D eigenvalue weighted by Gasteiger charge is 2.33. The molecule has 0 saturated carbocycles. The maximum absolute atomic E-state index is 13.1. The molecule has 2 aromatic carbocycles. The van der Waals surface area contributed by atoms with Gasteiger partial charge in [0.05, 0.1) is 10.5 Å². The smallest absolute Gasteiger partial charge is 0.263 e. The average molecular weight is 442 g/mol. The average Bonchev–Trinajstić information content (AvgIpc) is 2.78. The molecule has 1 aliphatic rings. The minimum atomic E-state index is -3.58. The lowest BCUT2D eigenvalue weighted by molar-refractivity contribution is -0.141. The van der Waals surface area contributed by atoms with Crippen LogP contribution in [-0.4, -0.2) is 44.5 Å². The summed E-state index contributed by atoms with van der Waals surface area (Å²) in [5.41, 5.74) is 0.384. The largest absolute Gasteiger partial charge is 0.479 e. The number of benzene rings is 2. The number of hydrogen-bond acceptors (Lipinski definition) is 5. The number of carbonyl (C=O) groups is 1. The molecule has 1 aliphatic heterocycles. The van der Waals surface area contributed by atoms with Crippen molar-refractivity contribution in [3.05, 3.63) is 60.2 Å². The molecule has 0 radical (unpaired) electrons. The van der Waals surface area contributed by atoms with Crippen molar-refractivity contribution in [1.82, 2.24) is 9.62 Å². The van der Waals surface area contributed by atoms with Gasteiger partial charge in [0.1, 0.15) is 11.8 Å². The predicted octanol–water partition coefficient (Wildman–Crippen LogP) is 2.93. The van der Waals surface area contributed by atoms with Gasteiger partial charge >= 0.3 is 0 Å². The molecular formula is C23H27N3O4S. The van der Waals surface area contributed by atoms with Crippen LogP contribution in [0.2, 0.25) is 0 Å². The second-order valence-electron chi connectivity index (χ2n) is 7.92. The first kappa shape index (κ1) is 22.8. The van der Waals surface area contributed by atoms with E-state index >= 15 is 0 Å². The molecule has 1 fully saturated rings. The normalized spacial score (nSPS) is 16.0. The number of nitrogens with one attached hydrogen (secondary N) is 1. The number of carbonyl (C=O) groups excluding carboxylic acids is 1. The number of rotatable bonds is 7. The van der Waals surface area contributed by atoms with Crippen molar-refractivity contribution in [3.63, 3.8) is 0 Å². The van der Waals surface area contributed by atoms with E-state index in [1.54, 1.807) is 59.5 Å². The summed E-state index contributed by atoms with van der Waals surface area (Å²) in [6.45, 7) is 4.68. The maximum atomic E-state index is 13.1. The molecule has 0 bridgehead atoms. The van der Waals surface area contributed by atoms with Crippen molar-refractivity contribution in [2.24, 2.45) is 5.92 Å². The van der Waals surface area contributed by atoms with Crippen LogP contribution >= 0.6 is 0 Å². The Morgan fingerprint density at radius 3 is 2.32 bits per heavy atom. The van der Waals surface area contributed by atoms with Crippen LogP contribution in [0.1, 0.15) is 32.3 Å². The number of sulfonamides is 1. The Labute approximate surface area is 183 Å². The summed E-state index contributed by atoms with van der Waals surface area (Å²) in [4.78, 5) is 15.1. The molecular weight excluding hydrogens is 414 g/mol. The lowest BCUT2D eigenvalue weighted by Crippen LogP contribution is -2.51. The van der Waals surface area contributed by atoms with E-state index in [1.807, 2.05) is 13.8 Å². The number of likely N-dealkylation sites (tertiary alicyclic amines) is 1. The molecule has 31 heavy (non-hydrogen) atoms. The standard InChI is InChI=1S/C23H27N3O4S/c1-17(2)22(30-21-11-7-6-8-18(21)16-24)23(27)26-14-12-19(13-15-26)25-31(28,29)20-9-4-3-5-10-20/h3-11,17,19,22,25H,12-15H2,1-2H3. The summed E-state index contributed by atoms with van der Waals surface area (Å²) in [6.07, 6.45) is 0.335. The highest BCUT2D eigenvalue weighted by atomic mass is 32.2. The first-order valence-corrected chi connectivity index (χ1v) is 11.8. The second kappa shape index (κ2) is 9.94. The third-order valence-corrected chi connectivity index (χ3v) is 6.83. The van der Waals surface area contributed by atoms with E-state index in [0.717, 1.165) is 0 Å². The maximum Gasteiger partial charge on any atom is 0.263 e. The van der Waals surface area contributed by atoms with Crippen molar-refractivity contribution in [2.75, 3.05) is 13.1 Å². The molecule has 0 aromatic heterocycles. The van der Waals surface area contributed by atoms with E-state index in [2.05, 4.69) is 10.8 Å². The molecule has 7 nitrogen and oxygen atoms in total. The Bertz CT molecular complexity index is 1040. The number of nitrogens with zero attached hydrogens (tertiary/aromatic N) is 2. The monoisotopic (exact) mass is 441 g/mol. The first-order valence-electron chi connectivity index (χ1n) is 10.3. The predicted molar refractivity (Wildman–Crippen MR) is 117 cm³/mol. The van der Waals surface area contributed by atoms with Gasteiger partial charge in [-0.15, -0.1) is 0 Å². The fourth-order valence-electron chi connectivity index (χ4n) is 3.55. The molecule has 3 rings (SSSR count). The quantitative estimate of drug-likeness (QED) is 0.712. The highest BCUT2D eigenvalue weighted by Crippen LogP contribution is 2.23. The van der Waals surface area contributed by atoms with Gasteiger partial charge in [-0.2, -0.15) is 5.26 Å². The van der Waals surface area contributed by atoms with Crippen molar-refractivity contribution >= 4 is 15.9 Å². The van der Waals surface area contributed by atoms with Gasteiger partial charge in [-0.3, -0.25) is 4.79 Å². The topological polar surface area (TPSA) is 99.5 Å². The van der Waals surface area contributed by atoms with Crippen LogP contribution in [0, 0.1) is 17.2 Å². The van der Waals surface area contributed by atoms with Crippen LogP contribution in [0.5, 0.6) is 5.75 Å². The molecule has 1 amide bonds. The molecule has 1 atom stereocenters. The zero-order valence-corrected chi connectivity index (χ0v) is 18.5. The van der Waals surface area contributed by atoms with Crippen LogP contribution in [0.25, 0.3) is 0 Å². The molecule has 0 aliphatic carbocycles. The molecule has 164 valence electrons. The van der Waals surface area contributed by atoms with E-state index in [9.17, 15) is 18.5 Å². The summed E-state index contributed by atoms with van der Waals surface area (Å²) < 4.78 is 33.8. The van der Waals surface area contributed by atoms with Crippen molar-refractivity contribution in [1.29, 1.82) is 5.26 Å². The summed E-state index contributed by atoms with van der Waals surface area (Å²) in [6, 6.07) is 17.0. The van der Waals surface area contributed by atoms with Gasteiger partial charge in [-0.1, -0.05) is 44.2 Å². The fourth-order valence-corrected chi connectivity index (χ4v) is 4.88. The third-order valence-electron chi connectivity index (χ3n) is 5.29. The summed E-state index contributed by atoms with van der Waals surface area (Å²) in [5.74, 6) is 0.156. The van der Waals surface area contributed by atoms with Gasteiger partial charge < -0.3 is 9.64 Å². The zero-order valence-electron chi connectivity index (χ0n) is 17.7. The molecule has 2 aromatic rings. The van der Waals surface area contributed by atoms with E-state index in [-0.39, 0.29) is 22.8 Å². The Hall–Kier alpha value is -2.89. The molecule has 1 heterocycles. The van der Waals surface area contributed by atoms with E-state index < -0.39 is 16.1 Å². The Balaban J connectivity index is 1.62. The van der Waals surface area contributed by atoms with Crippen LogP contribution < -0.4 is 9.46 Å². The third kappa shape index (κ3) is 5.63. The van der Waals surface area contributed by atoms with Gasteiger partial charge in [0.25, 0.3) is 5.91 Å². The molecule has 0 spiro atoms. The van der Waals surface area contributed by atoms with Crippen LogP contribution in [0.4, 0.5) is 0 Å². The number of hydrogen-bond donors (Lipinski definition) is 1. The SMILES string of the molecule is CC(C)C(Oc1ccccc1C#N)C(=O)N1CCC(NS(=O)(=O)c2ccccc2)CC1. The summed E-state index contributed by atoms with van der Waals surface area (Å²) in [7, 11) is -3.58. The number of amides is 1. The summed E-state index contributed by atoms with van der Waals surface area (Å²) >= 11 is 0. The van der Waals surface area contributed by atoms with Crippen LogP contribution in [0.3, 0.4) is 0 Å². The molecule has 8 heteroatoms.